The van der Waals surface area contributed by atoms with Crippen LogP contribution in [0.25, 0.3) is 0 Å². The fraction of sp³-hybridized carbons (Fsp3) is 0.579. The van der Waals surface area contributed by atoms with Crippen molar-refractivity contribution < 1.29 is 18.7 Å². The largest absolute Gasteiger partial charge is 0.442 e. The zero-order valence-electron chi connectivity index (χ0n) is 15.2. The molecule has 8 heteroatoms. The predicted octanol–water partition coefficient (Wildman–Crippen LogP) is 2.62. The third-order valence-corrected chi connectivity index (χ3v) is 6.39. The molecule has 6 nitrogen and oxygen atoms in total. The van der Waals surface area contributed by atoms with E-state index in [4.69, 9.17) is 4.74 Å². The van der Waals surface area contributed by atoms with E-state index < -0.39 is 12.2 Å². The molecule has 0 radical (unpaired) electrons. The van der Waals surface area contributed by atoms with E-state index in [1.54, 1.807) is 12.1 Å². The van der Waals surface area contributed by atoms with Gasteiger partial charge in [-0.25, -0.2) is 9.18 Å². The van der Waals surface area contributed by atoms with E-state index in [1.165, 1.54) is 11.0 Å². The van der Waals surface area contributed by atoms with E-state index in [9.17, 15) is 14.0 Å². The minimum absolute atomic E-state index is 0.0332. The minimum Gasteiger partial charge on any atom is -0.442 e. The Balaban J connectivity index is 1.37. The monoisotopic (exact) mass is 393 g/mol. The molecule has 1 N–H and O–H groups in total. The molecule has 2 amide bonds. The molecule has 3 fully saturated rings. The number of amides is 2. The lowest BCUT2D eigenvalue weighted by Gasteiger charge is -2.29. The fourth-order valence-electron chi connectivity index (χ4n) is 3.59. The Bertz CT molecular complexity index is 722. The van der Waals surface area contributed by atoms with E-state index >= 15 is 0 Å². The number of anilines is 2. The molecular formula is C19H24FN3O3S. The molecule has 2 saturated heterocycles. The fourth-order valence-corrected chi connectivity index (χ4v) is 4.50. The van der Waals surface area contributed by atoms with Crippen molar-refractivity contribution in [2.45, 2.75) is 25.4 Å². The van der Waals surface area contributed by atoms with Gasteiger partial charge in [-0.15, -0.1) is 0 Å². The van der Waals surface area contributed by atoms with E-state index in [1.807, 2.05) is 16.7 Å². The van der Waals surface area contributed by atoms with Crippen molar-refractivity contribution in [2.24, 2.45) is 5.92 Å². The Hall–Kier alpha value is -1.96. The van der Waals surface area contributed by atoms with Gasteiger partial charge in [-0.2, -0.15) is 11.8 Å². The molecule has 1 saturated carbocycles. The van der Waals surface area contributed by atoms with E-state index in [0.29, 0.717) is 24.5 Å². The smallest absolute Gasteiger partial charge is 0.414 e. The number of benzene rings is 1. The number of nitrogens with one attached hydrogen (secondary N) is 1. The number of ether oxygens (including phenoxy) is 1. The van der Waals surface area contributed by atoms with Gasteiger partial charge in [-0.05, 0) is 31.0 Å². The summed E-state index contributed by atoms with van der Waals surface area (Å²) in [6, 6.07) is 4.89. The highest BCUT2D eigenvalue weighted by Gasteiger charge is 2.34. The van der Waals surface area contributed by atoms with Crippen LogP contribution in [0.4, 0.5) is 20.6 Å². The van der Waals surface area contributed by atoms with Crippen molar-refractivity contribution in [3.8, 4) is 0 Å². The number of nitrogens with zero attached hydrogens (tertiary/aromatic N) is 2. The van der Waals surface area contributed by atoms with E-state index in [2.05, 4.69) is 5.32 Å². The van der Waals surface area contributed by atoms with Crippen LogP contribution in [-0.2, 0) is 9.53 Å². The van der Waals surface area contributed by atoms with Crippen molar-refractivity contribution in [1.82, 2.24) is 5.32 Å². The van der Waals surface area contributed by atoms with Gasteiger partial charge < -0.3 is 15.0 Å². The van der Waals surface area contributed by atoms with Gasteiger partial charge in [0, 0.05) is 30.5 Å². The zero-order chi connectivity index (χ0) is 18.8. The number of cyclic esters (lactones) is 1. The van der Waals surface area contributed by atoms with Crippen LogP contribution in [0.2, 0.25) is 0 Å². The molecule has 0 spiro atoms. The highest BCUT2D eigenvalue weighted by molar-refractivity contribution is 7.99. The molecule has 1 aromatic rings. The summed E-state index contributed by atoms with van der Waals surface area (Å²) in [6.07, 6.45) is 2.05. The van der Waals surface area contributed by atoms with Crippen LogP contribution in [0.3, 0.4) is 0 Å². The first kappa shape index (κ1) is 18.4. The Kier molecular flexibility index (Phi) is 5.43. The summed E-state index contributed by atoms with van der Waals surface area (Å²) in [5, 5.41) is 2.86. The summed E-state index contributed by atoms with van der Waals surface area (Å²) in [5.41, 5.74) is 1.07. The topological polar surface area (TPSA) is 61.9 Å². The molecule has 0 bridgehead atoms. The normalized spacial score (nSPS) is 23.1. The van der Waals surface area contributed by atoms with Crippen molar-refractivity contribution in [3.63, 3.8) is 0 Å². The van der Waals surface area contributed by atoms with Crippen LogP contribution in [0.5, 0.6) is 0 Å². The number of thioether (sulfide) groups is 1. The molecule has 1 aliphatic carbocycles. The Morgan fingerprint density at radius 3 is 2.74 bits per heavy atom. The van der Waals surface area contributed by atoms with E-state index in [-0.39, 0.29) is 17.6 Å². The molecule has 27 heavy (non-hydrogen) atoms. The molecule has 4 rings (SSSR count). The Morgan fingerprint density at radius 1 is 1.30 bits per heavy atom. The van der Waals surface area contributed by atoms with Gasteiger partial charge in [0.15, 0.2) is 0 Å². The van der Waals surface area contributed by atoms with Crippen LogP contribution in [0.1, 0.15) is 19.3 Å². The van der Waals surface area contributed by atoms with Crippen LogP contribution >= 0.6 is 11.8 Å². The first-order chi connectivity index (χ1) is 13.1. The van der Waals surface area contributed by atoms with Gasteiger partial charge in [-0.1, -0.05) is 6.42 Å². The maximum Gasteiger partial charge on any atom is 0.414 e. The standard InChI is InChI=1S/C19H24FN3O3S/c20-16-10-14(4-5-17(16)22-6-8-27-9-7-22)23-12-15(26-19(23)25)11-21-18(24)13-2-1-3-13/h4-5,10,13,15H,1-3,6-9,11-12H2,(H,21,24)/t15-/m0/s1. The van der Waals surface area contributed by atoms with Crippen molar-refractivity contribution in [2.75, 3.05) is 47.5 Å². The number of carbonyl (C=O) groups is 2. The molecule has 146 valence electrons. The van der Waals surface area contributed by atoms with Crippen LogP contribution < -0.4 is 15.1 Å². The summed E-state index contributed by atoms with van der Waals surface area (Å²) in [4.78, 5) is 27.6. The van der Waals surface area contributed by atoms with Crippen molar-refractivity contribution in [3.05, 3.63) is 24.0 Å². The molecular weight excluding hydrogens is 369 g/mol. The molecule has 0 aromatic heterocycles. The number of halogens is 1. The summed E-state index contributed by atoms with van der Waals surface area (Å²) in [6.45, 7) is 2.26. The second kappa shape index (κ2) is 7.96. The molecule has 1 aromatic carbocycles. The predicted molar refractivity (Wildman–Crippen MR) is 104 cm³/mol. The summed E-state index contributed by atoms with van der Waals surface area (Å²) in [7, 11) is 0. The maximum atomic E-state index is 14.6. The van der Waals surface area contributed by atoms with Gasteiger partial charge in [-0.3, -0.25) is 9.69 Å². The molecule has 0 unspecified atom stereocenters. The lowest BCUT2D eigenvalue weighted by Crippen LogP contribution is -2.40. The van der Waals surface area contributed by atoms with Gasteiger partial charge in [0.2, 0.25) is 5.91 Å². The summed E-state index contributed by atoms with van der Waals surface area (Å²) < 4.78 is 19.9. The SMILES string of the molecule is O=C(NC[C@H]1CN(c2ccc(N3CCSCC3)c(F)c2)C(=O)O1)C1CCC1. The molecule has 2 aliphatic heterocycles. The first-order valence-electron chi connectivity index (χ1n) is 9.50. The summed E-state index contributed by atoms with van der Waals surface area (Å²) in [5.74, 6) is 1.80. The zero-order valence-corrected chi connectivity index (χ0v) is 16.0. The van der Waals surface area contributed by atoms with Crippen LogP contribution in [-0.4, -0.2) is 55.8 Å². The lowest BCUT2D eigenvalue weighted by molar-refractivity contribution is -0.127. The van der Waals surface area contributed by atoms with Crippen LogP contribution in [0.15, 0.2) is 18.2 Å². The lowest BCUT2D eigenvalue weighted by atomic mass is 9.85. The molecule has 2 heterocycles. The maximum absolute atomic E-state index is 14.6. The second-order valence-electron chi connectivity index (χ2n) is 7.22. The number of hydrogen-bond acceptors (Lipinski definition) is 5. The van der Waals surface area contributed by atoms with Crippen molar-refractivity contribution in [1.29, 1.82) is 0 Å². The molecule has 1 atom stereocenters. The number of hydrogen-bond donors (Lipinski definition) is 1. The highest BCUT2D eigenvalue weighted by atomic mass is 32.2. The average Bonchev–Trinajstić information content (AvgIpc) is 3.00. The molecule has 3 aliphatic rings. The first-order valence-corrected chi connectivity index (χ1v) is 10.7. The van der Waals surface area contributed by atoms with Crippen molar-refractivity contribution >= 4 is 35.1 Å². The average molecular weight is 393 g/mol. The van der Waals surface area contributed by atoms with Gasteiger partial charge in [0.05, 0.1) is 24.5 Å². The Morgan fingerprint density at radius 2 is 2.07 bits per heavy atom. The van der Waals surface area contributed by atoms with Gasteiger partial charge in [0.25, 0.3) is 0 Å². The quantitative estimate of drug-likeness (QED) is 0.833. The third kappa shape index (κ3) is 4.00. The number of rotatable bonds is 5. The Labute approximate surface area is 162 Å². The van der Waals surface area contributed by atoms with Crippen LogP contribution in [0, 0.1) is 11.7 Å². The highest BCUT2D eigenvalue weighted by Crippen LogP contribution is 2.29. The number of carbonyl (C=O) groups excluding carboxylic acids is 2. The second-order valence-corrected chi connectivity index (χ2v) is 8.45. The minimum atomic E-state index is -0.501. The van der Waals surface area contributed by atoms with Gasteiger partial charge in [0.1, 0.15) is 11.9 Å². The summed E-state index contributed by atoms with van der Waals surface area (Å²) >= 11 is 1.87. The third-order valence-electron chi connectivity index (χ3n) is 5.45. The van der Waals surface area contributed by atoms with Gasteiger partial charge >= 0.3 is 6.09 Å². The van der Waals surface area contributed by atoms with E-state index in [0.717, 1.165) is 43.9 Å².